The molecule has 5 heteroatoms. The lowest BCUT2D eigenvalue weighted by Gasteiger charge is -2.16. The van der Waals surface area contributed by atoms with Gasteiger partial charge in [-0.25, -0.2) is 0 Å². The van der Waals surface area contributed by atoms with Gasteiger partial charge in [-0.3, -0.25) is 4.52 Å². The second kappa shape index (κ2) is 8.70. The number of rotatable bonds is 9. The summed E-state index contributed by atoms with van der Waals surface area (Å²) in [5.74, 6) is 0.558. The van der Waals surface area contributed by atoms with Crippen LogP contribution in [0.25, 0.3) is 0 Å². The summed E-state index contributed by atoms with van der Waals surface area (Å²) in [6.07, 6.45) is 5.68. The first kappa shape index (κ1) is 16.6. The monoisotopic (exact) mass is 302 g/mol. The van der Waals surface area contributed by atoms with E-state index in [-0.39, 0.29) is 0 Å². The van der Waals surface area contributed by atoms with Crippen molar-refractivity contribution in [2.24, 2.45) is 0 Å². The Morgan fingerprint density at radius 2 is 1.74 bits per heavy atom. The molecular weight excluding hydrogens is 279 g/mol. The average Bonchev–Trinajstić information content (AvgIpc) is 2.36. The summed E-state index contributed by atoms with van der Waals surface area (Å²) in [5, 5.41) is 0. The van der Waals surface area contributed by atoms with Crippen molar-refractivity contribution in [3.63, 3.8) is 0 Å². The Balaban J connectivity index is 2.27. The molecule has 1 unspecified atom stereocenters. The zero-order chi connectivity index (χ0) is 14.1. The molecule has 1 N–H and O–H groups in total. The molecule has 0 spiro atoms. The van der Waals surface area contributed by atoms with E-state index in [1.807, 2.05) is 19.1 Å². The van der Waals surface area contributed by atoms with E-state index in [1.165, 1.54) is 19.3 Å². The van der Waals surface area contributed by atoms with Crippen LogP contribution >= 0.6 is 6.72 Å². The molecule has 0 saturated carbocycles. The molecule has 0 aliphatic rings. The molecule has 1 atom stereocenters. The lowest BCUT2D eigenvalue weighted by molar-refractivity contribution is 0.250. The number of aryl methyl sites for hydroxylation is 1. The molecule has 0 aliphatic carbocycles. The molecule has 108 valence electrons. The van der Waals surface area contributed by atoms with Gasteiger partial charge in [0.05, 0.1) is 6.61 Å². The quantitative estimate of drug-likeness (QED) is 0.535. The highest BCUT2D eigenvalue weighted by Gasteiger charge is 2.16. The third-order valence-corrected chi connectivity index (χ3v) is 4.23. The maximum atomic E-state index is 9.92. The summed E-state index contributed by atoms with van der Waals surface area (Å²) in [5.41, 5.74) is 1.13. The number of hydrogen-bond donors (Lipinski definition) is 1. The lowest BCUT2D eigenvalue weighted by Crippen LogP contribution is -1.99. The molecule has 0 amide bonds. The van der Waals surface area contributed by atoms with Gasteiger partial charge >= 0.3 is 6.72 Å². The van der Waals surface area contributed by atoms with Crippen LogP contribution in [0.15, 0.2) is 24.3 Å². The van der Waals surface area contributed by atoms with Gasteiger partial charge in [-0.05, 0) is 25.5 Å². The van der Waals surface area contributed by atoms with Crippen LogP contribution in [0.1, 0.15) is 44.6 Å². The van der Waals surface area contributed by atoms with Gasteiger partial charge < -0.3 is 9.42 Å². The van der Waals surface area contributed by atoms with Gasteiger partial charge in [-0.15, -0.1) is 0 Å². The van der Waals surface area contributed by atoms with E-state index in [9.17, 15) is 4.89 Å². The van der Waals surface area contributed by atoms with E-state index in [1.54, 1.807) is 12.1 Å². The highest BCUT2D eigenvalue weighted by atomic mass is 32.5. The number of unbranched alkanes of at least 4 members (excludes halogenated alkanes) is 4. The molecular formula is C14H23O3PS. The smallest absolute Gasteiger partial charge is 0.377 e. The Morgan fingerprint density at radius 1 is 1.11 bits per heavy atom. The molecule has 3 nitrogen and oxygen atoms in total. The third kappa shape index (κ3) is 7.68. The van der Waals surface area contributed by atoms with Gasteiger partial charge in [-0.2, -0.15) is 0 Å². The summed E-state index contributed by atoms with van der Waals surface area (Å²) in [7, 11) is 0. The molecule has 0 radical (unpaired) electrons. The molecule has 1 aromatic rings. The predicted molar refractivity (Wildman–Crippen MR) is 83.0 cm³/mol. The van der Waals surface area contributed by atoms with Crippen molar-refractivity contribution in [3.8, 4) is 5.75 Å². The first-order valence-electron chi connectivity index (χ1n) is 6.77. The van der Waals surface area contributed by atoms with Crippen LogP contribution in [0.4, 0.5) is 0 Å². The maximum absolute atomic E-state index is 9.92. The maximum Gasteiger partial charge on any atom is 0.377 e. The van der Waals surface area contributed by atoms with Crippen molar-refractivity contribution >= 4 is 18.5 Å². The Hall–Kier alpha value is -0.410. The van der Waals surface area contributed by atoms with Crippen molar-refractivity contribution < 1.29 is 13.9 Å². The van der Waals surface area contributed by atoms with Gasteiger partial charge in [0.15, 0.2) is 0 Å². The number of hydrogen-bond acceptors (Lipinski definition) is 3. The fourth-order valence-electron chi connectivity index (χ4n) is 1.64. The standard InChI is InChI=1S/C14H23O3PS/c1-3-4-5-6-7-12-16-18(15,19)17-14-10-8-13(2)9-11-14/h8-11H,3-7,12H2,1-2H3,(H,15,19). The minimum atomic E-state index is -3.15. The largest absolute Gasteiger partial charge is 0.424 e. The molecule has 1 rings (SSSR count). The van der Waals surface area contributed by atoms with Crippen LogP contribution in [0.3, 0.4) is 0 Å². The van der Waals surface area contributed by atoms with Gasteiger partial charge in [-0.1, -0.05) is 50.3 Å². The zero-order valence-electron chi connectivity index (χ0n) is 11.7. The molecule has 1 aromatic carbocycles. The zero-order valence-corrected chi connectivity index (χ0v) is 13.4. The summed E-state index contributed by atoms with van der Waals surface area (Å²) in [6.45, 7) is 1.48. The first-order chi connectivity index (χ1) is 9.03. The van der Waals surface area contributed by atoms with Gasteiger partial charge in [0.25, 0.3) is 0 Å². The number of benzene rings is 1. The van der Waals surface area contributed by atoms with E-state index in [0.717, 1.165) is 18.4 Å². The summed E-state index contributed by atoms with van der Waals surface area (Å²) in [4.78, 5) is 9.92. The van der Waals surface area contributed by atoms with E-state index < -0.39 is 6.72 Å². The van der Waals surface area contributed by atoms with Gasteiger partial charge in [0.1, 0.15) is 5.75 Å². The van der Waals surface area contributed by atoms with Crippen LogP contribution in [-0.2, 0) is 16.3 Å². The normalized spacial score (nSPS) is 14.1. The topological polar surface area (TPSA) is 38.7 Å². The van der Waals surface area contributed by atoms with E-state index in [2.05, 4.69) is 6.92 Å². The van der Waals surface area contributed by atoms with Crippen molar-refractivity contribution in [3.05, 3.63) is 29.8 Å². The summed E-state index contributed by atoms with van der Waals surface area (Å²) >= 11 is 4.98. The predicted octanol–water partition coefficient (Wildman–Crippen LogP) is 4.58. The Labute approximate surface area is 121 Å². The van der Waals surface area contributed by atoms with Crippen LogP contribution in [0.5, 0.6) is 5.75 Å². The minimum absolute atomic E-state index is 0.462. The first-order valence-corrected chi connectivity index (χ1v) is 9.36. The fraction of sp³-hybridized carbons (Fsp3) is 0.571. The molecule has 0 fully saturated rings. The average molecular weight is 302 g/mol. The Kier molecular flexibility index (Phi) is 7.62. The Bertz CT molecular complexity index is 406. The third-order valence-electron chi connectivity index (χ3n) is 2.74. The van der Waals surface area contributed by atoms with E-state index in [0.29, 0.717) is 12.4 Å². The summed E-state index contributed by atoms with van der Waals surface area (Å²) in [6, 6.07) is 7.40. The molecule has 0 bridgehead atoms. The summed E-state index contributed by atoms with van der Waals surface area (Å²) < 4.78 is 10.6. The highest BCUT2D eigenvalue weighted by Crippen LogP contribution is 2.44. The molecule has 0 heterocycles. The van der Waals surface area contributed by atoms with Crippen molar-refractivity contribution in [1.82, 2.24) is 0 Å². The second-order valence-electron chi connectivity index (χ2n) is 4.62. The van der Waals surface area contributed by atoms with Crippen molar-refractivity contribution in [2.75, 3.05) is 6.61 Å². The Morgan fingerprint density at radius 3 is 2.37 bits per heavy atom. The van der Waals surface area contributed by atoms with Crippen molar-refractivity contribution in [2.45, 2.75) is 46.0 Å². The molecule has 0 aromatic heterocycles. The second-order valence-corrected chi connectivity index (χ2v) is 7.38. The van der Waals surface area contributed by atoms with E-state index >= 15 is 0 Å². The van der Waals surface area contributed by atoms with Crippen LogP contribution in [0.2, 0.25) is 0 Å². The molecule has 19 heavy (non-hydrogen) atoms. The van der Waals surface area contributed by atoms with Crippen molar-refractivity contribution in [1.29, 1.82) is 0 Å². The van der Waals surface area contributed by atoms with Gasteiger partial charge in [0, 0.05) is 11.8 Å². The van der Waals surface area contributed by atoms with Crippen LogP contribution in [-0.4, -0.2) is 11.5 Å². The lowest BCUT2D eigenvalue weighted by atomic mass is 10.2. The van der Waals surface area contributed by atoms with E-state index in [4.69, 9.17) is 20.9 Å². The molecule has 0 aliphatic heterocycles. The van der Waals surface area contributed by atoms with Crippen LogP contribution < -0.4 is 4.52 Å². The fourth-order valence-corrected chi connectivity index (χ4v) is 2.93. The minimum Gasteiger partial charge on any atom is -0.424 e. The highest BCUT2D eigenvalue weighted by molar-refractivity contribution is 8.07. The van der Waals surface area contributed by atoms with Gasteiger partial charge in [0.2, 0.25) is 0 Å². The van der Waals surface area contributed by atoms with Crippen LogP contribution in [0, 0.1) is 6.92 Å². The molecule has 0 saturated heterocycles. The SMILES string of the molecule is CCCCCCCOP(O)(=S)Oc1ccc(C)cc1.